The summed E-state index contributed by atoms with van der Waals surface area (Å²) < 4.78 is 0. The van der Waals surface area contributed by atoms with E-state index < -0.39 is 5.54 Å². The van der Waals surface area contributed by atoms with Crippen LogP contribution in [0.5, 0.6) is 0 Å². The van der Waals surface area contributed by atoms with Gasteiger partial charge in [0.2, 0.25) is 5.91 Å². The Morgan fingerprint density at radius 1 is 0.900 bits per heavy atom. The molecule has 40 heavy (non-hydrogen) atoms. The highest BCUT2D eigenvalue weighted by Crippen LogP contribution is 2.39. The third-order valence-electron chi connectivity index (χ3n) is 8.06. The zero-order valence-electron chi connectivity index (χ0n) is 23.3. The SMILES string of the molecule is CCc1cccc(NC(=O)N2CCC3(CC2)C(=O)N(CC(=O)N(C)Cc2ccccc2)CN3c2ccccc2)c1. The fourth-order valence-corrected chi connectivity index (χ4v) is 5.70. The molecule has 0 aromatic heterocycles. The summed E-state index contributed by atoms with van der Waals surface area (Å²) in [5.74, 6) is -0.151. The Hall–Kier alpha value is -4.33. The van der Waals surface area contributed by atoms with Gasteiger partial charge in [-0.05, 0) is 54.7 Å². The molecule has 1 N–H and O–H groups in total. The summed E-state index contributed by atoms with van der Waals surface area (Å²) in [5.41, 5.74) is 3.13. The lowest BCUT2D eigenvalue weighted by Crippen LogP contribution is -2.58. The van der Waals surface area contributed by atoms with Crippen molar-refractivity contribution in [2.75, 3.05) is 43.6 Å². The fourth-order valence-electron chi connectivity index (χ4n) is 5.70. The molecule has 0 radical (unpaired) electrons. The average molecular weight is 540 g/mol. The van der Waals surface area contributed by atoms with Gasteiger partial charge in [-0.15, -0.1) is 0 Å². The van der Waals surface area contributed by atoms with Gasteiger partial charge in [-0.2, -0.15) is 0 Å². The quantitative estimate of drug-likeness (QED) is 0.477. The Morgan fingerprint density at radius 2 is 1.55 bits per heavy atom. The molecule has 0 unspecified atom stereocenters. The lowest BCUT2D eigenvalue weighted by atomic mass is 9.85. The zero-order valence-corrected chi connectivity index (χ0v) is 23.3. The third-order valence-corrected chi connectivity index (χ3v) is 8.06. The zero-order chi connectivity index (χ0) is 28.1. The van der Waals surface area contributed by atoms with E-state index in [2.05, 4.69) is 17.1 Å². The van der Waals surface area contributed by atoms with Crippen LogP contribution in [-0.4, -0.2) is 71.4 Å². The van der Waals surface area contributed by atoms with Crippen molar-refractivity contribution in [1.29, 1.82) is 0 Å². The molecule has 0 atom stereocenters. The van der Waals surface area contributed by atoms with E-state index in [0.29, 0.717) is 39.1 Å². The third kappa shape index (κ3) is 5.66. The van der Waals surface area contributed by atoms with Gasteiger partial charge in [0.1, 0.15) is 12.1 Å². The number of hydrogen-bond acceptors (Lipinski definition) is 4. The molecule has 3 aromatic rings. The maximum Gasteiger partial charge on any atom is 0.321 e. The van der Waals surface area contributed by atoms with Crippen LogP contribution in [0.4, 0.5) is 16.2 Å². The number of amides is 4. The maximum atomic E-state index is 14.0. The topological polar surface area (TPSA) is 76.2 Å². The number of hydrogen-bond donors (Lipinski definition) is 1. The molecule has 2 fully saturated rings. The molecule has 0 saturated carbocycles. The summed E-state index contributed by atoms with van der Waals surface area (Å²) >= 11 is 0. The lowest BCUT2D eigenvalue weighted by molar-refractivity contribution is -0.140. The van der Waals surface area contributed by atoms with Crippen molar-refractivity contribution in [2.24, 2.45) is 0 Å². The summed E-state index contributed by atoms with van der Waals surface area (Å²) in [4.78, 5) is 47.5. The number of rotatable bonds is 7. The van der Waals surface area contributed by atoms with Gasteiger partial charge in [-0.25, -0.2) is 4.79 Å². The number of likely N-dealkylation sites (N-methyl/N-ethyl adjacent to an activating group) is 1. The first-order valence-electron chi connectivity index (χ1n) is 13.9. The number of piperidine rings is 1. The second kappa shape index (κ2) is 11.8. The first-order valence-corrected chi connectivity index (χ1v) is 13.9. The molecule has 2 heterocycles. The largest absolute Gasteiger partial charge is 0.340 e. The minimum Gasteiger partial charge on any atom is -0.340 e. The fraction of sp³-hybridized carbons (Fsp3) is 0.344. The van der Waals surface area contributed by atoms with Gasteiger partial charge in [-0.3, -0.25) is 9.59 Å². The van der Waals surface area contributed by atoms with E-state index in [0.717, 1.165) is 28.9 Å². The van der Waals surface area contributed by atoms with E-state index in [4.69, 9.17) is 0 Å². The van der Waals surface area contributed by atoms with Crippen LogP contribution in [0.3, 0.4) is 0 Å². The Kier molecular flexibility index (Phi) is 8.05. The van der Waals surface area contributed by atoms with E-state index in [-0.39, 0.29) is 24.4 Å². The second-order valence-electron chi connectivity index (χ2n) is 10.6. The van der Waals surface area contributed by atoms with Crippen molar-refractivity contribution in [3.63, 3.8) is 0 Å². The molecule has 208 valence electrons. The van der Waals surface area contributed by atoms with Crippen LogP contribution in [0.1, 0.15) is 30.9 Å². The minimum absolute atomic E-state index is 0.0191. The number of nitrogens with zero attached hydrogens (tertiary/aromatic N) is 4. The summed E-state index contributed by atoms with van der Waals surface area (Å²) in [6, 6.07) is 27.4. The molecule has 8 nitrogen and oxygen atoms in total. The van der Waals surface area contributed by atoms with Gasteiger partial charge >= 0.3 is 6.03 Å². The van der Waals surface area contributed by atoms with E-state index in [1.807, 2.05) is 84.9 Å². The number of benzene rings is 3. The first kappa shape index (κ1) is 27.2. The molecule has 5 rings (SSSR count). The van der Waals surface area contributed by atoms with E-state index >= 15 is 0 Å². The molecule has 3 aromatic carbocycles. The molecule has 1 spiro atoms. The number of likely N-dealkylation sites (tertiary alicyclic amines) is 1. The van der Waals surface area contributed by atoms with E-state index in [1.165, 1.54) is 0 Å². The van der Waals surface area contributed by atoms with Crippen molar-refractivity contribution in [2.45, 2.75) is 38.3 Å². The van der Waals surface area contributed by atoms with Crippen molar-refractivity contribution < 1.29 is 14.4 Å². The van der Waals surface area contributed by atoms with Crippen LogP contribution in [0, 0.1) is 0 Å². The van der Waals surface area contributed by atoms with Gasteiger partial charge in [0.15, 0.2) is 0 Å². The number of anilines is 2. The lowest BCUT2D eigenvalue weighted by Gasteiger charge is -2.43. The van der Waals surface area contributed by atoms with Gasteiger partial charge in [0.25, 0.3) is 5.91 Å². The van der Waals surface area contributed by atoms with Crippen molar-refractivity contribution in [3.8, 4) is 0 Å². The van der Waals surface area contributed by atoms with Gasteiger partial charge in [0.05, 0.1) is 6.67 Å². The highest BCUT2D eigenvalue weighted by molar-refractivity contribution is 5.97. The van der Waals surface area contributed by atoms with Gasteiger partial charge in [0, 0.05) is 38.1 Å². The predicted octanol–water partition coefficient (Wildman–Crippen LogP) is 4.58. The molecule has 0 aliphatic carbocycles. The molecule has 8 heteroatoms. The number of carbonyl (C=O) groups excluding carboxylic acids is 3. The second-order valence-corrected chi connectivity index (χ2v) is 10.6. The van der Waals surface area contributed by atoms with Crippen LogP contribution in [0.15, 0.2) is 84.9 Å². The highest BCUT2D eigenvalue weighted by atomic mass is 16.2. The van der Waals surface area contributed by atoms with Crippen LogP contribution in [0.2, 0.25) is 0 Å². The van der Waals surface area contributed by atoms with Crippen molar-refractivity contribution in [1.82, 2.24) is 14.7 Å². The standard InChI is InChI=1S/C32H37N5O3/c1-3-25-13-10-14-27(21-25)33-31(40)35-19-17-32(18-20-35)30(39)36(24-37(32)28-15-8-5-9-16-28)23-29(38)34(2)22-26-11-6-4-7-12-26/h4-16,21H,3,17-20,22-24H2,1-2H3,(H,33,40). The number of urea groups is 1. The molecule has 0 bridgehead atoms. The van der Waals surface area contributed by atoms with Crippen LogP contribution in [-0.2, 0) is 22.6 Å². The normalized spacial score (nSPS) is 16.4. The summed E-state index contributed by atoms with van der Waals surface area (Å²) in [7, 11) is 1.77. The number of carbonyl (C=O) groups is 3. The molecule has 4 amide bonds. The van der Waals surface area contributed by atoms with Gasteiger partial charge in [-0.1, -0.05) is 67.6 Å². The van der Waals surface area contributed by atoms with Crippen LogP contribution >= 0.6 is 0 Å². The Labute approximate surface area is 236 Å². The van der Waals surface area contributed by atoms with Crippen LogP contribution < -0.4 is 10.2 Å². The van der Waals surface area contributed by atoms with Crippen molar-refractivity contribution >= 4 is 29.2 Å². The number of para-hydroxylation sites is 1. The molecule has 2 aliphatic heterocycles. The molecule has 2 saturated heterocycles. The minimum atomic E-state index is -0.793. The average Bonchev–Trinajstić information content (AvgIpc) is 3.24. The predicted molar refractivity (Wildman–Crippen MR) is 157 cm³/mol. The monoisotopic (exact) mass is 539 g/mol. The van der Waals surface area contributed by atoms with Crippen LogP contribution in [0.25, 0.3) is 0 Å². The van der Waals surface area contributed by atoms with Gasteiger partial charge < -0.3 is 24.9 Å². The van der Waals surface area contributed by atoms with Crippen molar-refractivity contribution in [3.05, 3.63) is 96.1 Å². The molecular formula is C32H37N5O3. The Bertz CT molecular complexity index is 1340. The summed E-state index contributed by atoms with van der Waals surface area (Å²) in [6.45, 7) is 3.82. The van der Waals surface area contributed by atoms with E-state index in [1.54, 1.807) is 21.7 Å². The smallest absolute Gasteiger partial charge is 0.321 e. The number of aryl methyl sites for hydroxylation is 1. The Balaban J connectivity index is 1.29. The summed E-state index contributed by atoms with van der Waals surface area (Å²) in [5, 5.41) is 3.01. The van der Waals surface area contributed by atoms with E-state index in [9.17, 15) is 14.4 Å². The number of nitrogens with one attached hydrogen (secondary N) is 1. The molecular weight excluding hydrogens is 502 g/mol. The summed E-state index contributed by atoms with van der Waals surface area (Å²) in [6.07, 6.45) is 1.88. The molecule has 2 aliphatic rings. The first-order chi connectivity index (χ1) is 19.4. The Morgan fingerprint density at radius 3 is 2.23 bits per heavy atom. The highest BCUT2D eigenvalue weighted by Gasteiger charge is 2.54. The maximum absolute atomic E-state index is 14.0.